The van der Waals surface area contributed by atoms with Gasteiger partial charge in [0.15, 0.2) is 11.6 Å². The molecule has 2 rings (SSSR count). The van der Waals surface area contributed by atoms with Crippen molar-refractivity contribution in [3.8, 4) is 22.6 Å². The van der Waals surface area contributed by atoms with Crippen LogP contribution in [0.4, 0.5) is 4.39 Å². The van der Waals surface area contributed by atoms with E-state index in [1.807, 2.05) is 24.3 Å². The van der Waals surface area contributed by atoms with E-state index in [2.05, 4.69) is 0 Å². The molecule has 0 aliphatic rings. The van der Waals surface area contributed by atoms with E-state index >= 15 is 0 Å². The van der Waals surface area contributed by atoms with Gasteiger partial charge in [-0.05, 0) is 49.2 Å². The van der Waals surface area contributed by atoms with Crippen molar-refractivity contribution in [3.63, 3.8) is 0 Å². The molecule has 0 aliphatic heterocycles. The molecule has 2 aromatic rings. The summed E-state index contributed by atoms with van der Waals surface area (Å²) >= 11 is 0. The summed E-state index contributed by atoms with van der Waals surface area (Å²) in [6.45, 7) is 5.05. The highest BCUT2D eigenvalue weighted by atomic mass is 19.1. The lowest BCUT2D eigenvalue weighted by Crippen LogP contribution is -2.14. The Hall–Kier alpha value is -2.19. The molecule has 0 aromatic heterocycles. The van der Waals surface area contributed by atoms with Gasteiger partial charge in [-0.15, -0.1) is 0 Å². The van der Waals surface area contributed by atoms with E-state index in [9.17, 15) is 4.39 Å². The van der Waals surface area contributed by atoms with E-state index in [0.717, 1.165) is 11.1 Å². The van der Waals surface area contributed by atoms with Gasteiger partial charge in [0.1, 0.15) is 19.0 Å². The number of rotatable bonds is 13. The Morgan fingerprint density at radius 1 is 0.759 bits per heavy atom. The van der Waals surface area contributed by atoms with Crippen LogP contribution < -0.4 is 9.47 Å². The lowest BCUT2D eigenvalue weighted by atomic mass is 10.1. The maximum Gasteiger partial charge on any atom is 0.165 e. The Bertz CT molecular complexity index is 718. The lowest BCUT2D eigenvalue weighted by molar-refractivity contribution is 0.0324. The van der Waals surface area contributed by atoms with E-state index in [4.69, 9.17) is 29.2 Å². The predicted molar refractivity (Wildman–Crippen MR) is 108 cm³/mol. The maximum atomic E-state index is 14.3. The average molecular weight is 408 g/mol. The van der Waals surface area contributed by atoms with Gasteiger partial charge in [-0.1, -0.05) is 18.2 Å². The summed E-state index contributed by atoms with van der Waals surface area (Å²) in [7, 11) is 0. The van der Waals surface area contributed by atoms with Gasteiger partial charge < -0.3 is 29.2 Å². The van der Waals surface area contributed by atoms with Crippen molar-refractivity contribution in [3.05, 3.63) is 48.3 Å². The molecule has 0 spiro atoms. The summed E-state index contributed by atoms with van der Waals surface area (Å²) in [5, 5.41) is 18.2. The summed E-state index contributed by atoms with van der Waals surface area (Å²) in [5.41, 5.74) is 1.58. The zero-order valence-electron chi connectivity index (χ0n) is 16.8. The van der Waals surface area contributed by atoms with Crippen molar-refractivity contribution >= 4 is 0 Å². The first-order valence-corrected chi connectivity index (χ1v) is 9.63. The highest BCUT2D eigenvalue weighted by Gasteiger charge is 2.07. The smallest absolute Gasteiger partial charge is 0.165 e. The van der Waals surface area contributed by atoms with Crippen LogP contribution >= 0.6 is 0 Å². The second-order valence-corrected chi connectivity index (χ2v) is 6.71. The molecular formula is C22H29FO6. The third-order valence-electron chi connectivity index (χ3n) is 3.82. The highest BCUT2D eigenvalue weighted by Crippen LogP contribution is 2.27. The molecule has 0 bridgehead atoms. The minimum atomic E-state index is -0.536. The maximum absolute atomic E-state index is 14.3. The van der Waals surface area contributed by atoms with E-state index < -0.39 is 18.0 Å². The fraction of sp³-hybridized carbons (Fsp3) is 0.455. The molecule has 6 nitrogen and oxygen atoms in total. The fourth-order valence-corrected chi connectivity index (χ4v) is 2.48. The first kappa shape index (κ1) is 23.1. The van der Waals surface area contributed by atoms with Crippen LogP contribution in [-0.2, 0) is 9.47 Å². The van der Waals surface area contributed by atoms with E-state index in [1.54, 1.807) is 26.0 Å². The number of hydrogen-bond donors (Lipinski definition) is 2. The summed E-state index contributed by atoms with van der Waals surface area (Å²) in [4.78, 5) is 0. The normalized spacial score (nSPS) is 13.1. The Kier molecular flexibility index (Phi) is 9.87. The molecule has 0 aliphatic carbocycles. The zero-order valence-corrected chi connectivity index (χ0v) is 16.8. The topological polar surface area (TPSA) is 77.4 Å². The molecule has 2 atom stereocenters. The number of benzene rings is 2. The quantitative estimate of drug-likeness (QED) is 0.496. The van der Waals surface area contributed by atoms with Crippen molar-refractivity contribution in [1.29, 1.82) is 0 Å². The van der Waals surface area contributed by atoms with Crippen LogP contribution in [-0.4, -0.2) is 62.1 Å². The summed E-state index contributed by atoms with van der Waals surface area (Å²) in [6, 6.07) is 12.1. The molecular weight excluding hydrogens is 379 g/mol. The minimum absolute atomic E-state index is 0.159. The molecule has 0 fully saturated rings. The number of aliphatic hydroxyl groups is 2. The first-order valence-electron chi connectivity index (χ1n) is 9.63. The third-order valence-corrected chi connectivity index (χ3v) is 3.82. The van der Waals surface area contributed by atoms with Gasteiger partial charge in [-0.25, -0.2) is 4.39 Å². The van der Waals surface area contributed by atoms with Gasteiger partial charge in [0.05, 0.1) is 38.6 Å². The molecule has 29 heavy (non-hydrogen) atoms. The highest BCUT2D eigenvalue weighted by molar-refractivity contribution is 5.65. The minimum Gasteiger partial charge on any atom is -0.491 e. The van der Waals surface area contributed by atoms with Crippen LogP contribution in [0.2, 0.25) is 0 Å². The van der Waals surface area contributed by atoms with Crippen molar-refractivity contribution in [2.75, 3.05) is 39.6 Å². The van der Waals surface area contributed by atoms with Crippen LogP contribution in [0, 0.1) is 5.82 Å². The van der Waals surface area contributed by atoms with Gasteiger partial charge in [0, 0.05) is 0 Å². The van der Waals surface area contributed by atoms with Crippen LogP contribution in [0.15, 0.2) is 42.5 Å². The van der Waals surface area contributed by atoms with Gasteiger partial charge >= 0.3 is 0 Å². The van der Waals surface area contributed by atoms with Gasteiger partial charge in [0.2, 0.25) is 0 Å². The van der Waals surface area contributed by atoms with Crippen molar-refractivity contribution in [1.82, 2.24) is 0 Å². The molecule has 0 saturated heterocycles. The molecule has 0 amide bonds. The standard InChI is InChI=1S/C22H29FO6/c1-16(24)14-26-9-11-28-20-6-3-18(4-7-20)19-5-8-22(21(23)13-19)29-12-10-27-15-17(2)25/h3-8,13,16-17,24-25H,9-12,14-15H2,1-2H3. The number of hydrogen-bond acceptors (Lipinski definition) is 6. The Morgan fingerprint density at radius 3 is 1.86 bits per heavy atom. The van der Waals surface area contributed by atoms with E-state index in [1.165, 1.54) is 6.07 Å². The monoisotopic (exact) mass is 408 g/mol. The van der Waals surface area contributed by atoms with Crippen molar-refractivity contribution in [2.24, 2.45) is 0 Å². The second-order valence-electron chi connectivity index (χ2n) is 6.71. The summed E-state index contributed by atoms with van der Waals surface area (Å²) in [5.74, 6) is 0.396. The number of aliphatic hydroxyl groups excluding tert-OH is 2. The van der Waals surface area contributed by atoms with Crippen LogP contribution in [0.3, 0.4) is 0 Å². The molecule has 0 radical (unpaired) electrons. The second kappa shape index (κ2) is 12.4. The number of halogens is 1. The van der Waals surface area contributed by atoms with Crippen LogP contribution in [0.1, 0.15) is 13.8 Å². The van der Waals surface area contributed by atoms with Crippen molar-refractivity contribution in [2.45, 2.75) is 26.1 Å². The predicted octanol–water partition coefficient (Wildman–Crippen LogP) is 3.05. The van der Waals surface area contributed by atoms with Crippen LogP contribution in [0.25, 0.3) is 11.1 Å². The Labute approximate surface area is 170 Å². The molecule has 2 N–H and O–H groups in total. The molecule has 0 saturated carbocycles. The molecule has 7 heteroatoms. The Morgan fingerprint density at radius 2 is 1.31 bits per heavy atom. The molecule has 0 heterocycles. The van der Waals surface area contributed by atoms with Crippen LogP contribution in [0.5, 0.6) is 11.5 Å². The largest absolute Gasteiger partial charge is 0.491 e. The summed E-state index contributed by atoms with van der Waals surface area (Å²) < 4.78 is 35.7. The molecule has 160 valence electrons. The van der Waals surface area contributed by atoms with Gasteiger partial charge in [0.25, 0.3) is 0 Å². The van der Waals surface area contributed by atoms with E-state index in [-0.39, 0.29) is 32.2 Å². The molecule has 2 aromatic carbocycles. The third kappa shape index (κ3) is 8.79. The number of ether oxygens (including phenoxy) is 4. The van der Waals surface area contributed by atoms with E-state index in [0.29, 0.717) is 19.0 Å². The zero-order chi connectivity index (χ0) is 21.1. The van der Waals surface area contributed by atoms with Gasteiger partial charge in [-0.3, -0.25) is 0 Å². The average Bonchev–Trinajstić information content (AvgIpc) is 2.68. The summed E-state index contributed by atoms with van der Waals surface area (Å²) in [6.07, 6.45) is -1.03. The lowest BCUT2D eigenvalue weighted by Gasteiger charge is -2.11. The molecule has 2 unspecified atom stereocenters. The van der Waals surface area contributed by atoms with Crippen molar-refractivity contribution < 1.29 is 33.6 Å². The fourth-order valence-electron chi connectivity index (χ4n) is 2.48. The SMILES string of the molecule is CC(O)COCCOc1ccc(-c2ccc(OCCOCC(C)O)c(F)c2)cc1. The van der Waals surface area contributed by atoms with Gasteiger partial charge in [-0.2, -0.15) is 0 Å². The first-order chi connectivity index (χ1) is 14.0. The Balaban J connectivity index is 1.81.